The van der Waals surface area contributed by atoms with E-state index in [0.717, 1.165) is 16.6 Å². The smallest absolute Gasteiger partial charge is 0.160 e. The van der Waals surface area contributed by atoms with Gasteiger partial charge in [-0.1, -0.05) is 15.9 Å². The Labute approximate surface area is 111 Å². The zero-order valence-electron chi connectivity index (χ0n) is 9.05. The van der Waals surface area contributed by atoms with Crippen LogP contribution < -0.4 is 5.32 Å². The van der Waals surface area contributed by atoms with Crippen LogP contribution in [0.25, 0.3) is 0 Å². The van der Waals surface area contributed by atoms with Gasteiger partial charge in [0.15, 0.2) is 11.6 Å². The van der Waals surface area contributed by atoms with E-state index in [1.165, 1.54) is 6.07 Å². The third-order valence-corrected chi connectivity index (χ3v) is 2.79. The van der Waals surface area contributed by atoms with Crippen molar-refractivity contribution in [1.82, 2.24) is 0 Å². The standard InChI is InChI=1S/C13H7BrF2N2/c14-9-1-4-13(8(5-9)7-17)18-10-2-3-11(15)12(16)6-10/h1-6,18H. The topological polar surface area (TPSA) is 35.8 Å². The summed E-state index contributed by atoms with van der Waals surface area (Å²) in [6, 6.07) is 10.6. The van der Waals surface area contributed by atoms with E-state index in [1.54, 1.807) is 18.2 Å². The molecule has 0 aliphatic rings. The SMILES string of the molecule is N#Cc1cc(Br)ccc1Nc1ccc(F)c(F)c1. The van der Waals surface area contributed by atoms with Gasteiger partial charge in [-0.3, -0.25) is 0 Å². The molecule has 2 rings (SSSR count). The van der Waals surface area contributed by atoms with Gasteiger partial charge in [0, 0.05) is 16.2 Å². The Balaban J connectivity index is 2.34. The van der Waals surface area contributed by atoms with Gasteiger partial charge in [-0.25, -0.2) is 8.78 Å². The average Bonchev–Trinajstić information content (AvgIpc) is 2.36. The second-order valence-corrected chi connectivity index (χ2v) is 4.47. The van der Waals surface area contributed by atoms with Crippen LogP contribution in [0.15, 0.2) is 40.9 Å². The fraction of sp³-hybridized carbons (Fsp3) is 0. The van der Waals surface area contributed by atoms with E-state index in [9.17, 15) is 8.78 Å². The van der Waals surface area contributed by atoms with E-state index >= 15 is 0 Å². The maximum Gasteiger partial charge on any atom is 0.160 e. The molecule has 2 nitrogen and oxygen atoms in total. The predicted octanol–water partition coefficient (Wildman–Crippen LogP) is 4.34. The van der Waals surface area contributed by atoms with Gasteiger partial charge >= 0.3 is 0 Å². The molecular weight excluding hydrogens is 302 g/mol. The molecular formula is C13H7BrF2N2. The Morgan fingerprint density at radius 2 is 1.83 bits per heavy atom. The van der Waals surface area contributed by atoms with E-state index in [1.807, 2.05) is 6.07 Å². The Morgan fingerprint density at radius 3 is 2.50 bits per heavy atom. The maximum absolute atomic E-state index is 13.0. The number of hydrogen-bond donors (Lipinski definition) is 1. The summed E-state index contributed by atoms with van der Waals surface area (Å²) in [6.45, 7) is 0. The molecule has 0 spiro atoms. The van der Waals surface area contributed by atoms with Gasteiger partial charge < -0.3 is 5.32 Å². The molecule has 1 N–H and O–H groups in total. The quantitative estimate of drug-likeness (QED) is 0.895. The Bertz CT molecular complexity index is 635. The lowest BCUT2D eigenvalue weighted by Crippen LogP contribution is -1.95. The number of halogens is 3. The largest absolute Gasteiger partial charge is 0.354 e. The summed E-state index contributed by atoms with van der Waals surface area (Å²) < 4.78 is 26.6. The lowest BCUT2D eigenvalue weighted by Gasteiger charge is -2.08. The van der Waals surface area contributed by atoms with Gasteiger partial charge in [0.25, 0.3) is 0 Å². The highest BCUT2D eigenvalue weighted by Gasteiger charge is 2.06. The Hall–Kier alpha value is -1.93. The molecule has 2 aromatic rings. The molecule has 0 aromatic heterocycles. The number of benzene rings is 2. The van der Waals surface area contributed by atoms with Crippen LogP contribution in [0, 0.1) is 23.0 Å². The molecule has 0 amide bonds. The highest BCUT2D eigenvalue weighted by molar-refractivity contribution is 9.10. The minimum absolute atomic E-state index is 0.382. The van der Waals surface area contributed by atoms with Crippen molar-refractivity contribution >= 4 is 27.3 Å². The molecule has 0 saturated carbocycles. The first kappa shape index (κ1) is 12.5. The van der Waals surface area contributed by atoms with Crippen molar-refractivity contribution in [2.75, 3.05) is 5.32 Å². The molecule has 0 radical (unpaired) electrons. The summed E-state index contributed by atoms with van der Waals surface area (Å²) in [5.74, 6) is -1.84. The minimum Gasteiger partial charge on any atom is -0.354 e. The molecule has 90 valence electrons. The van der Waals surface area contributed by atoms with Crippen LogP contribution in [-0.4, -0.2) is 0 Å². The van der Waals surface area contributed by atoms with Crippen molar-refractivity contribution in [1.29, 1.82) is 5.26 Å². The zero-order chi connectivity index (χ0) is 13.1. The van der Waals surface area contributed by atoms with E-state index < -0.39 is 11.6 Å². The lowest BCUT2D eigenvalue weighted by atomic mass is 10.2. The second kappa shape index (κ2) is 5.15. The van der Waals surface area contributed by atoms with Crippen LogP contribution >= 0.6 is 15.9 Å². The van der Waals surface area contributed by atoms with Crippen molar-refractivity contribution < 1.29 is 8.78 Å². The number of nitrogens with one attached hydrogen (secondary N) is 1. The van der Waals surface area contributed by atoms with Crippen LogP contribution in [-0.2, 0) is 0 Å². The maximum atomic E-state index is 13.0. The van der Waals surface area contributed by atoms with Gasteiger partial charge in [-0.2, -0.15) is 5.26 Å². The number of hydrogen-bond acceptors (Lipinski definition) is 2. The fourth-order valence-corrected chi connectivity index (χ4v) is 1.81. The first-order valence-corrected chi connectivity index (χ1v) is 5.81. The van der Waals surface area contributed by atoms with Crippen LogP contribution in [0.2, 0.25) is 0 Å². The number of rotatable bonds is 2. The molecule has 0 aliphatic carbocycles. The van der Waals surface area contributed by atoms with Crippen LogP contribution in [0.5, 0.6) is 0 Å². The Kier molecular flexibility index (Phi) is 3.58. The van der Waals surface area contributed by atoms with E-state index in [2.05, 4.69) is 21.2 Å². The van der Waals surface area contributed by atoms with Crippen molar-refractivity contribution in [2.24, 2.45) is 0 Å². The van der Waals surface area contributed by atoms with Crippen molar-refractivity contribution in [2.45, 2.75) is 0 Å². The summed E-state index contributed by atoms with van der Waals surface area (Å²) in [5.41, 5.74) is 1.33. The molecule has 2 aromatic carbocycles. The molecule has 0 heterocycles. The molecule has 0 saturated heterocycles. The lowest BCUT2D eigenvalue weighted by molar-refractivity contribution is 0.509. The van der Waals surface area contributed by atoms with E-state index in [0.29, 0.717) is 16.9 Å². The van der Waals surface area contributed by atoms with Crippen molar-refractivity contribution in [3.63, 3.8) is 0 Å². The number of nitrogens with zero attached hydrogens (tertiary/aromatic N) is 1. The normalized spacial score (nSPS) is 9.89. The van der Waals surface area contributed by atoms with Crippen LogP contribution in [0.1, 0.15) is 5.56 Å². The average molecular weight is 309 g/mol. The highest BCUT2D eigenvalue weighted by Crippen LogP contribution is 2.24. The number of nitriles is 1. The fourth-order valence-electron chi connectivity index (χ4n) is 1.45. The molecule has 0 fully saturated rings. The van der Waals surface area contributed by atoms with E-state index in [-0.39, 0.29) is 0 Å². The molecule has 0 aliphatic heterocycles. The molecule has 18 heavy (non-hydrogen) atoms. The van der Waals surface area contributed by atoms with Gasteiger partial charge in [0.05, 0.1) is 11.3 Å². The summed E-state index contributed by atoms with van der Waals surface area (Å²) in [7, 11) is 0. The summed E-state index contributed by atoms with van der Waals surface area (Å²) in [5, 5.41) is 11.8. The third kappa shape index (κ3) is 2.66. The summed E-state index contributed by atoms with van der Waals surface area (Å²) in [4.78, 5) is 0. The van der Waals surface area contributed by atoms with Crippen LogP contribution in [0.4, 0.5) is 20.2 Å². The molecule has 0 atom stereocenters. The molecule has 0 bridgehead atoms. The van der Waals surface area contributed by atoms with Crippen molar-refractivity contribution in [3.05, 3.63) is 58.1 Å². The van der Waals surface area contributed by atoms with Gasteiger partial charge in [0.1, 0.15) is 6.07 Å². The molecule has 0 unspecified atom stereocenters. The Morgan fingerprint density at radius 1 is 1.06 bits per heavy atom. The summed E-state index contributed by atoms with van der Waals surface area (Å²) >= 11 is 3.26. The first-order valence-electron chi connectivity index (χ1n) is 5.02. The highest BCUT2D eigenvalue weighted by atomic mass is 79.9. The third-order valence-electron chi connectivity index (χ3n) is 2.30. The minimum atomic E-state index is -0.935. The number of anilines is 2. The van der Waals surface area contributed by atoms with E-state index in [4.69, 9.17) is 5.26 Å². The van der Waals surface area contributed by atoms with Crippen molar-refractivity contribution in [3.8, 4) is 6.07 Å². The predicted molar refractivity (Wildman–Crippen MR) is 68.5 cm³/mol. The van der Waals surface area contributed by atoms with Crippen LogP contribution in [0.3, 0.4) is 0 Å². The van der Waals surface area contributed by atoms with Gasteiger partial charge in [-0.15, -0.1) is 0 Å². The monoisotopic (exact) mass is 308 g/mol. The zero-order valence-corrected chi connectivity index (χ0v) is 10.6. The second-order valence-electron chi connectivity index (χ2n) is 3.56. The summed E-state index contributed by atoms with van der Waals surface area (Å²) in [6.07, 6.45) is 0. The van der Waals surface area contributed by atoms with Gasteiger partial charge in [-0.05, 0) is 30.3 Å². The first-order chi connectivity index (χ1) is 8.60. The molecule has 5 heteroatoms. The van der Waals surface area contributed by atoms with Gasteiger partial charge in [0.2, 0.25) is 0 Å².